The van der Waals surface area contributed by atoms with E-state index in [-0.39, 0.29) is 13.1 Å². The van der Waals surface area contributed by atoms with E-state index < -0.39 is 11.9 Å². The lowest BCUT2D eigenvalue weighted by molar-refractivity contribution is -0.166. The molecule has 1 aliphatic heterocycles. The minimum Gasteiger partial charge on any atom is -0.494 e. The zero-order valence-corrected chi connectivity index (χ0v) is 10.0. The molecule has 1 fully saturated rings. The van der Waals surface area contributed by atoms with Gasteiger partial charge in [0.25, 0.3) is 0 Å². The monoisotopic (exact) mass is 249 g/mol. The fourth-order valence-corrected chi connectivity index (χ4v) is 1.77. The summed E-state index contributed by atoms with van der Waals surface area (Å²) in [5.74, 6) is -0.128. The molecule has 1 aliphatic rings. The van der Waals surface area contributed by atoms with Gasteiger partial charge in [-0.25, -0.2) is 0 Å². The normalized spacial score (nSPS) is 16.4. The number of carbonyl (C=O) groups is 2. The van der Waals surface area contributed by atoms with Gasteiger partial charge in [0.15, 0.2) is 0 Å². The number of rotatable bonds is 5. The molecule has 5 heteroatoms. The number of esters is 2. The van der Waals surface area contributed by atoms with Crippen LogP contribution in [0.25, 0.3) is 0 Å². The molecule has 0 atom stereocenters. The Labute approximate surface area is 105 Å². The summed E-state index contributed by atoms with van der Waals surface area (Å²) in [4.78, 5) is 23.8. The van der Waals surface area contributed by atoms with Crippen LogP contribution in [-0.2, 0) is 14.3 Å². The molecule has 0 amide bonds. The highest BCUT2D eigenvalue weighted by molar-refractivity contribution is 5.90. The number of ether oxygens (including phenoxy) is 2. The summed E-state index contributed by atoms with van der Waals surface area (Å²) < 4.78 is 9.96. The summed E-state index contributed by atoms with van der Waals surface area (Å²) in [5, 5.41) is 0. The molecule has 1 aromatic rings. The lowest BCUT2D eigenvalue weighted by Crippen LogP contribution is -2.43. The fourth-order valence-electron chi connectivity index (χ4n) is 1.77. The first-order valence-electron chi connectivity index (χ1n) is 5.88. The number of benzene rings is 1. The minimum absolute atomic E-state index is 0.178. The van der Waals surface area contributed by atoms with Gasteiger partial charge in [0.05, 0.1) is 19.7 Å². The van der Waals surface area contributed by atoms with Gasteiger partial charge in [-0.3, -0.25) is 14.5 Å². The van der Waals surface area contributed by atoms with Crippen molar-refractivity contribution in [2.75, 3.05) is 26.2 Å². The first kappa shape index (κ1) is 12.6. The van der Waals surface area contributed by atoms with Crippen molar-refractivity contribution in [1.82, 2.24) is 4.90 Å². The van der Waals surface area contributed by atoms with Crippen LogP contribution in [0.4, 0.5) is 0 Å². The summed E-state index contributed by atoms with van der Waals surface area (Å²) >= 11 is 0. The Morgan fingerprint density at radius 1 is 1.11 bits per heavy atom. The lowest BCUT2D eigenvalue weighted by atomic mass is 10.3. The second-order valence-electron chi connectivity index (χ2n) is 4.07. The van der Waals surface area contributed by atoms with Crippen LogP contribution in [0.5, 0.6) is 5.75 Å². The predicted octanol–water partition coefficient (Wildman–Crippen LogP) is 0.841. The van der Waals surface area contributed by atoms with Crippen molar-refractivity contribution in [3.63, 3.8) is 0 Å². The predicted molar refractivity (Wildman–Crippen MR) is 64.1 cm³/mol. The van der Waals surface area contributed by atoms with Crippen molar-refractivity contribution in [3.8, 4) is 5.75 Å². The average Bonchev–Trinajstić information content (AvgIpc) is 2.35. The second-order valence-corrected chi connectivity index (χ2v) is 4.07. The highest BCUT2D eigenvalue weighted by Crippen LogP contribution is 2.08. The van der Waals surface area contributed by atoms with Crippen molar-refractivity contribution in [2.24, 2.45) is 0 Å². The molecule has 0 bridgehead atoms. The molecule has 0 unspecified atom stereocenters. The largest absolute Gasteiger partial charge is 0.494 e. The van der Waals surface area contributed by atoms with Gasteiger partial charge in [0.1, 0.15) is 5.75 Å². The van der Waals surface area contributed by atoms with Crippen LogP contribution in [-0.4, -0.2) is 43.1 Å². The van der Waals surface area contributed by atoms with E-state index in [1.54, 1.807) is 4.90 Å². The number of cyclic esters (lactones) is 2. The molecule has 0 aromatic heterocycles. The standard InChI is InChI=1S/C13H15NO4/c15-12-9-14(10-13(16)18-12)7-4-8-17-11-5-2-1-3-6-11/h1-3,5-6H,4,7-10H2. The van der Waals surface area contributed by atoms with Crippen molar-refractivity contribution >= 4 is 11.9 Å². The Kier molecular flexibility index (Phi) is 4.30. The van der Waals surface area contributed by atoms with Crippen LogP contribution in [0.1, 0.15) is 6.42 Å². The molecule has 0 radical (unpaired) electrons. The van der Waals surface area contributed by atoms with Crippen LogP contribution < -0.4 is 4.74 Å². The number of hydrogen-bond donors (Lipinski definition) is 0. The number of morpholine rings is 1. The van der Waals surface area contributed by atoms with Crippen molar-refractivity contribution in [3.05, 3.63) is 30.3 Å². The second kappa shape index (κ2) is 6.16. The van der Waals surface area contributed by atoms with Crippen LogP contribution >= 0.6 is 0 Å². The Bertz CT molecular complexity index is 402. The average molecular weight is 249 g/mol. The smallest absolute Gasteiger partial charge is 0.327 e. The third-order valence-corrected chi connectivity index (χ3v) is 2.56. The summed E-state index contributed by atoms with van der Waals surface area (Å²) in [6.45, 7) is 1.56. The zero-order chi connectivity index (χ0) is 12.8. The van der Waals surface area contributed by atoms with Crippen LogP contribution in [0.2, 0.25) is 0 Å². The molecule has 2 rings (SSSR count). The maximum atomic E-state index is 11.0. The molecule has 0 saturated carbocycles. The molecule has 5 nitrogen and oxygen atoms in total. The topological polar surface area (TPSA) is 55.8 Å². The summed E-state index contributed by atoms with van der Waals surface area (Å²) in [5.41, 5.74) is 0. The van der Waals surface area contributed by atoms with Gasteiger partial charge in [0, 0.05) is 6.54 Å². The van der Waals surface area contributed by atoms with Gasteiger partial charge >= 0.3 is 11.9 Å². The first-order chi connectivity index (χ1) is 8.74. The van der Waals surface area contributed by atoms with E-state index >= 15 is 0 Å². The Morgan fingerprint density at radius 2 is 1.78 bits per heavy atom. The van der Waals surface area contributed by atoms with E-state index in [0.717, 1.165) is 12.2 Å². The zero-order valence-electron chi connectivity index (χ0n) is 10.0. The summed E-state index contributed by atoms with van der Waals surface area (Å²) in [7, 11) is 0. The molecule has 0 aliphatic carbocycles. The van der Waals surface area contributed by atoms with Gasteiger partial charge in [-0.2, -0.15) is 0 Å². The van der Waals surface area contributed by atoms with Crippen molar-refractivity contribution in [1.29, 1.82) is 0 Å². The van der Waals surface area contributed by atoms with Gasteiger partial charge in [-0.1, -0.05) is 18.2 Å². The third kappa shape index (κ3) is 3.85. The number of nitrogens with zero attached hydrogens (tertiary/aromatic N) is 1. The molecule has 1 saturated heterocycles. The van der Waals surface area contributed by atoms with E-state index in [1.165, 1.54) is 0 Å². The van der Waals surface area contributed by atoms with Gasteiger partial charge in [-0.05, 0) is 18.6 Å². The molecular formula is C13H15NO4. The number of carbonyl (C=O) groups excluding carboxylic acids is 2. The van der Waals surface area contributed by atoms with E-state index in [9.17, 15) is 9.59 Å². The van der Waals surface area contributed by atoms with Crippen LogP contribution in [0, 0.1) is 0 Å². The van der Waals surface area contributed by atoms with Crippen molar-refractivity contribution in [2.45, 2.75) is 6.42 Å². The summed E-state index contributed by atoms with van der Waals surface area (Å²) in [6.07, 6.45) is 0.759. The number of para-hydroxylation sites is 1. The molecule has 18 heavy (non-hydrogen) atoms. The van der Waals surface area contributed by atoms with Gasteiger partial charge in [0.2, 0.25) is 0 Å². The van der Waals surface area contributed by atoms with Gasteiger partial charge in [-0.15, -0.1) is 0 Å². The van der Waals surface area contributed by atoms with Crippen LogP contribution in [0.15, 0.2) is 30.3 Å². The maximum Gasteiger partial charge on any atom is 0.327 e. The highest BCUT2D eigenvalue weighted by Gasteiger charge is 2.23. The Hall–Kier alpha value is -1.88. The lowest BCUT2D eigenvalue weighted by Gasteiger charge is -2.23. The Morgan fingerprint density at radius 3 is 2.44 bits per heavy atom. The molecule has 1 heterocycles. The van der Waals surface area contributed by atoms with Crippen LogP contribution in [0.3, 0.4) is 0 Å². The Balaban J connectivity index is 1.66. The van der Waals surface area contributed by atoms with E-state index in [0.29, 0.717) is 13.2 Å². The molecule has 0 spiro atoms. The highest BCUT2D eigenvalue weighted by atomic mass is 16.6. The first-order valence-corrected chi connectivity index (χ1v) is 5.88. The maximum absolute atomic E-state index is 11.0. The van der Waals surface area contributed by atoms with Crippen molar-refractivity contribution < 1.29 is 19.1 Å². The molecular weight excluding hydrogens is 234 g/mol. The SMILES string of the molecule is O=C1CN(CCCOc2ccccc2)CC(=O)O1. The van der Waals surface area contributed by atoms with E-state index in [1.807, 2.05) is 30.3 Å². The molecule has 1 aromatic carbocycles. The number of hydrogen-bond acceptors (Lipinski definition) is 5. The molecule has 96 valence electrons. The minimum atomic E-state index is -0.477. The molecule has 0 N–H and O–H groups in total. The van der Waals surface area contributed by atoms with E-state index in [4.69, 9.17) is 4.74 Å². The third-order valence-electron chi connectivity index (χ3n) is 2.56. The van der Waals surface area contributed by atoms with Gasteiger partial charge < -0.3 is 9.47 Å². The van der Waals surface area contributed by atoms with E-state index in [2.05, 4.69) is 4.74 Å². The summed E-state index contributed by atoms with van der Waals surface area (Å²) in [6, 6.07) is 9.53. The fraction of sp³-hybridized carbons (Fsp3) is 0.385. The quantitative estimate of drug-likeness (QED) is 0.440.